The van der Waals surface area contributed by atoms with Crippen molar-refractivity contribution in [2.45, 2.75) is 30.3 Å². The van der Waals surface area contributed by atoms with E-state index in [1.807, 2.05) is 0 Å². The van der Waals surface area contributed by atoms with Crippen LogP contribution in [-0.2, 0) is 13.8 Å². The number of ether oxygens (including phenoxy) is 1. The molecular formula is C6H14NO9P. The molecule has 0 saturated carbocycles. The fourth-order valence-corrected chi connectivity index (χ4v) is 2.04. The van der Waals surface area contributed by atoms with Crippen LogP contribution in [0.1, 0.15) is 0 Å². The van der Waals surface area contributed by atoms with Gasteiger partial charge in [-0.3, -0.25) is 0 Å². The van der Waals surface area contributed by atoms with Crippen LogP contribution in [-0.4, -0.2) is 67.1 Å². The minimum absolute atomic E-state index is 1.21. The normalized spacial score (nSPS) is 43.7. The Morgan fingerprint density at radius 2 is 1.88 bits per heavy atom. The van der Waals surface area contributed by atoms with Gasteiger partial charge in [0.15, 0.2) is 6.29 Å². The second-order valence-electron chi connectivity index (χ2n) is 3.57. The molecule has 1 heterocycles. The Hall–Kier alpha value is -0.130. The largest absolute Gasteiger partial charge is 0.472 e. The Morgan fingerprint density at radius 3 is 2.29 bits per heavy atom. The monoisotopic (exact) mass is 275 g/mol. The molecule has 5 atom stereocenters. The van der Waals surface area contributed by atoms with Crippen LogP contribution in [0.3, 0.4) is 0 Å². The minimum atomic E-state index is -5.13. The summed E-state index contributed by atoms with van der Waals surface area (Å²) in [5, 5.41) is 37.2. The fourth-order valence-electron chi connectivity index (χ4n) is 1.43. The number of phosphoric ester groups is 1. The van der Waals surface area contributed by atoms with Crippen molar-refractivity contribution in [1.82, 2.24) is 0 Å². The Labute approximate surface area is 95.4 Å². The van der Waals surface area contributed by atoms with Crippen molar-refractivity contribution in [2.24, 2.45) is 5.73 Å². The molecule has 0 bridgehead atoms. The van der Waals surface area contributed by atoms with Crippen LogP contribution >= 0.6 is 7.82 Å². The molecule has 0 radical (unpaired) electrons. The zero-order valence-corrected chi connectivity index (χ0v) is 9.34. The smallest absolute Gasteiger partial charge is 0.391 e. The molecule has 10 nitrogen and oxygen atoms in total. The van der Waals surface area contributed by atoms with E-state index in [4.69, 9.17) is 20.6 Å². The maximum atomic E-state index is 10.7. The SMILES string of the molecule is N[C@H]1C(O)O[C@](CO)(OP(=O)(O)O)[C@H](O)[C@@H]1O. The first-order valence-corrected chi connectivity index (χ1v) is 6.01. The highest BCUT2D eigenvalue weighted by molar-refractivity contribution is 7.46. The van der Waals surface area contributed by atoms with Crippen molar-refractivity contribution in [3.05, 3.63) is 0 Å². The van der Waals surface area contributed by atoms with Crippen LogP contribution in [0.4, 0.5) is 0 Å². The summed E-state index contributed by atoms with van der Waals surface area (Å²) in [7, 11) is -5.13. The Balaban J connectivity index is 3.02. The third-order valence-electron chi connectivity index (χ3n) is 2.31. The Morgan fingerprint density at radius 1 is 1.35 bits per heavy atom. The molecule has 1 aliphatic heterocycles. The average molecular weight is 275 g/mol. The molecule has 1 saturated heterocycles. The summed E-state index contributed by atoms with van der Waals surface area (Å²) < 4.78 is 19.3. The number of aliphatic hydroxyl groups is 4. The maximum Gasteiger partial charge on any atom is 0.472 e. The van der Waals surface area contributed by atoms with E-state index in [-0.39, 0.29) is 0 Å². The molecule has 17 heavy (non-hydrogen) atoms. The quantitative estimate of drug-likeness (QED) is 0.252. The molecular weight excluding hydrogens is 261 g/mol. The standard InChI is InChI=1S/C6H14NO9P/c7-2-3(9)4(10)6(1-8,15-5(2)11)16-17(12,13)14/h2-5,8-11H,1,7H2,(H2,12,13,14)/t2-,3-,4-,5?,6-/m1/s1. The molecule has 0 aliphatic carbocycles. The Kier molecular flexibility index (Phi) is 4.27. The summed E-state index contributed by atoms with van der Waals surface area (Å²) in [5.74, 6) is -2.65. The molecule has 1 rings (SSSR count). The minimum Gasteiger partial charge on any atom is -0.391 e. The number of hydrogen-bond donors (Lipinski definition) is 7. The van der Waals surface area contributed by atoms with Gasteiger partial charge in [-0.2, -0.15) is 0 Å². The highest BCUT2D eigenvalue weighted by Crippen LogP contribution is 2.45. The zero-order chi connectivity index (χ0) is 13.4. The van der Waals surface area contributed by atoms with Crippen LogP contribution in [0.5, 0.6) is 0 Å². The number of nitrogens with two attached hydrogens (primary N) is 1. The number of rotatable bonds is 3. The zero-order valence-electron chi connectivity index (χ0n) is 8.45. The summed E-state index contributed by atoms with van der Waals surface area (Å²) >= 11 is 0. The molecule has 0 aromatic carbocycles. The predicted molar refractivity (Wildman–Crippen MR) is 50.0 cm³/mol. The van der Waals surface area contributed by atoms with E-state index in [0.29, 0.717) is 0 Å². The van der Waals surface area contributed by atoms with Gasteiger partial charge in [-0.05, 0) is 0 Å². The second kappa shape index (κ2) is 4.86. The van der Waals surface area contributed by atoms with Gasteiger partial charge in [-0.25, -0.2) is 9.09 Å². The van der Waals surface area contributed by atoms with Crippen LogP contribution in [0.25, 0.3) is 0 Å². The van der Waals surface area contributed by atoms with Gasteiger partial charge in [-0.1, -0.05) is 0 Å². The van der Waals surface area contributed by atoms with E-state index >= 15 is 0 Å². The molecule has 0 aromatic rings. The summed E-state index contributed by atoms with van der Waals surface area (Å²) in [4.78, 5) is 17.2. The van der Waals surface area contributed by atoms with Crippen LogP contribution < -0.4 is 5.73 Å². The van der Waals surface area contributed by atoms with Crippen LogP contribution in [0.2, 0.25) is 0 Å². The van der Waals surface area contributed by atoms with Gasteiger partial charge in [0.25, 0.3) is 0 Å². The van der Waals surface area contributed by atoms with E-state index in [1.54, 1.807) is 0 Å². The molecule has 1 unspecified atom stereocenters. The molecule has 1 aliphatic rings. The highest BCUT2D eigenvalue weighted by atomic mass is 31.2. The molecule has 0 aromatic heterocycles. The van der Waals surface area contributed by atoms with Crippen molar-refractivity contribution in [3.63, 3.8) is 0 Å². The third kappa shape index (κ3) is 3.01. The van der Waals surface area contributed by atoms with Gasteiger partial charge in [0.1, 0.15) is 18.8 Å². The first-order valence-electron chi connectivity index (χ1n) is 4.48. The lowest BCUT2D eigenvalue weighted by Gasteiger charge is -2.45. The first kappa shape index (κ1) is 14.9. The fraction of sp³-hybridized carbons (Fsp3) is 1.00. The maximum absolute atomic E-state index is 10.7. The van der Waals surface area contributed by atoms with Gasteiger partial charge >= 0.3 is 7.82 Å². The van der Waals surface area contributed by atoms with Crippen molar-refractivity contribution in [1.29, 1.82) is 0 Å². The van der Waals surface area contributed by atoms with Crippen LogP contribution in [0, 0.1) is 0 Å². The van der Waals surface area contributed by atoms with Gasteiger partial charge in [0.05, 0.1) is 6.04 Å². The second-order valence-corrected chi connectivity index (χ2v) is 4.74. The predicted octanol–water partition coefficient (Wildman–Crippen LogP) is -3.82. The van der Waals surface area contributed by atoms with Crippen molar-refractivity contribution >= 4 is 7.82 Å². The molecule has 11 heteroatoms. The molecule has 8 N–H and O–H groups in total. The molecule has 102 valence electrons. The van der Waals surface area contributed by atoms with E-state index in [1.165, 1.54) is 0 Å². The van der Waals surface area contributed by atoms with E-state index in [0.717, 1.165) is 0 Å². The lowest BCUT2D eigenvalue weighted by molar-refractivity contribution is -0.362. The average Bonchev–Trinajstić information content (AvgIpc) is 2.21. The Bertz CT molecular complexity index is 321. The number of phosphoric acid groups is 1. The van der Waals surface area contributed by atoms with Crippen molar-refractivity contribution in [3.8, 4) is 0 Å². The lowest BCUT2D eigenvalue weighted by Crippen LogP contribution is -2.68. The highest BCUT2D eigenvalue weighted by Gasteiger charge is 2.56. The van der Waals surface area contributed by atoms with Crippen molar-refractivity contribution in [2.75, 3.05) is 6.61 Å². The molecule has 0 amide bonds. The van der Waals surface area contributed by atoms with E-state index < -0.39 is 44.8 Å². The number of hydrogen-bond acceptors (Lipinski definition) is 8. The molecule has 1 fully saturated rings. The third-order valence-corrected chi connectivity index (χ3v) is 2.86. The van der Waals surface area contributed by atoms with Gasteiger partial charge in [0.2, 0.25) is 5.79 Å². The summed E-state index contributed by atoms with van der Waals surface area (Å²) in [5.41, 5.74) is 5.24. The van der Waals surface area contributed by atoms with Crippen molar-refractivity contribution < 1.29 is 44.0 Å². The first-order chi connectivity index (χ1) is 7.63. The number of aliphatic hydroxyl groups excluding tert-OH is 4. The van der Waals surface area contributed by atoms with Gasteiger partial charge in [-0.15, -0.1) is 0 Å². The van der Waals surface area contributed by atoms with Gasteiger partial charge < -0.3 is 40.7 Å². The lowest BCUT2D eigenvalue weighted by atomic mass is 9.95. The summed E-state index contributed by atoms with van der Waals surface area (Å²) in [6.07, 6.45) is -5.71. The van der Waals surface area contributed by atoms with Gasteiger partial charge in [0, 0.05) is 0 Å². The van der Waals surface area contributed by atoms with Crippen LogP contribution in [0.15, 0.2) is 0 Å². The van der Waals surface area contributed by atoms with E-state index in [2.05, 4.69) is 9.26 Å². The summed E-state index contributed by atoms with van der Waals surface area (Å²) in [6, 6.07) is -1.41. The van der Waals surface area contributed by atoms with E-state index in [9.17, 15) is 19.9 Å². The summed E-state index contributed by atoms with van der Waals surface area (Å²) in [6.45, 7) is -1.21. The molecule has 0 spiro atoms. The topological polar surface area (TPSA) is 183 Å².